The zero-order chi connectivity index (χ0) is 12.5. The van der Waals surface area contributed by atoms with Crippen molar-refractivity contribution in [3.63, 3.8) is 0 Å². The predicted octanol–water partition coefficient (Wildman–Crippen LogP) is 3.65. The van der Waals surface area contributed by atoms with Crippen molar-refractivity contribution >= 4 is 11.0 Å². The first-order valence-corrected chi connectivity index (χ1v) is 5.66. The molecule has 3 aromatic rings. The van der Waals surface area contributed by atoms with Crippen molar-refractivity contribution < 1.29 is 13.9 Å². The Morgan fingerprint density at radius 3 is 2.50 bits per heavy atom. The smallest absolute Gasteiger partial charge is 0.139 e. The van der Waals surface area contributed by atoms with Gasteiger partial charge in [0, 0.05) is 10.9 Å². The summed E-state index contributed by atoms with van der Waals surface area (Å²) in [5.41, 5.74) is 0.902. The standard InChI is InChI=1S/C15H11FO2/c16-12-7-3-2-6-11(12)15(17)14-9-10-5-1-4-8-13(10)18-14/h1-9,15,17H. The molecule has 0 fully saturated rings. The van der Waals surface area contributed by atoms with Crippen LogP contribution in [-0.4, -0.2) is 5.11 Å². The monoisotopic (exact) mass is 242 g/mol. The Balaban J connectivity index is 2.07. The first kappa shape index (κ1) is 11.0. The normalized spacial score (nSPS) is 12.8. The lowest BCUT2D eigenvalue weighted by Crippen LogP contribution is -2.00. The maximum absolute atomic E-state index is 13.6. The van der Waals surface area contributed by atoms with E-state index in [1.54, 1.807) is 24.3 Å². The van der Waals surface area contributed by atoms with Gasteiger partial charge < -0.3 is 9.52 Å². The van der Waals surface area contributed by atoms with Gasteiger partial charge in [0.15, 0.2) is 0 Å². The third kappa shape index (κ3) is 1.79. The number of aliphatic hydroxyl groups excluding tert-OH is 1. The number of rotatable bonds is 2. The molecule has 0 aliphatic carbocycles. The van der Waals surface area contributed by atoms with E-state index in [4.69, 9.17) is 4.42 Å². The number of fused-ring (bicyclic) bond motifs is 1. The van der Waals surface area contributed by atoms with E-state index in [1.165, 1.54) is 6.07 Å². The molecular formula is C15H11FO2. The fraction of sp³-hybridized carbons (Fsp3) is 0.0667. The molecule has 0 saturated carbocycles. The van der Waals surface area contributed by atoms with Crippen molar-refractivity contribution in [3.05, 3.63) is 71.7 Å². The third-order valence-corrected chi connectivity index (χ3v) is 2.91. The summed E-state index contributed by atoms with van der Waals surface area (Å²) in [5.74, 6) is -0.0910. The molecule has 2 nitrogen and oxygen atoms in total. The van der Waals surface area contributed by atoms with E-state index in [0.29, 0.717) is 11.3 Å². The van der Waals surface area contributed by atoms with Gasteiger partial charge in [-0.2, -0.15) is 0 Å². The first-order valence-electron chi connectivity index (χ1n) is 5.66. The van der Waals surface area contributed by atoms with Gasteiger partial charge in [-0.15, -0.1) is 0 Å². The van der Waals surface area contributed by atoms with Gasteiger partial charge in [-0.25, -0.2) is 4.39 Å². The Morgan fingerprint density at radius 2 is 1.72 bits per heavy atom. The molecule has 0 bridgehead atoms. The number of para-hydroxylation sites is 1. The molecule has 0 amide bonds. The van der Waals surface area contributed by atoms with Crippen molar-refractivity contribution in [1.82, 2.24) is 0 Å². The minimum Gasteiger partial charge on any atom is -0.458 e. The second-order valence-electron chi connectivity index (χ2n) is 4.11. The third-order valence-electron chi connectivity index (χ3n) is 2.91. The van der Waals surface area contributed by atoms with E-state index >= 15 is 0 Å². The molecule has 18 heavy (non-hydrogen) atoms. The lowest BCUT2D eigenvalue weighted by Gasteiger charge is -2.08. The second-order valence-corrected chi connectivity index (χ2v) is 4.11. The summed E-state index contributed by atoms with van der Waals surface area (Å²) in [5, 5.41) is 11.0. The first-order chi connectivity index (χ1) is 8.75. The van der Waals surface area contributed by atoms with Crippen LogP contribution in [0.5, 0.6) is 0 Å². The highest BCUT2D eigenvalue weighted by Gasteiger charge is 2.18. The average Bonchev–Trinajstić information content (AvgIpc) is 2.82. The molecule has 1 atom stereocenters. The van der Waals surface area contributed by atoms with Crippen LogP contribution in [0.15, 0.2) is 59.0 Å². The van der Waals surface area contributed by atoms with E-state index in [0.717, 1.165) is 5.39 Å². The van der Waals surface area contributed by atoms with Gasteiger partial charge >= 0.3 is 0 Å². The van der Waals surface area contributed by atoms with Gasteiger partial charge in [0.1, 0.15) is 23.3 Å². The highest BCUT2D eigenvalue weighted by molar-refractivity contribution is 5.77. The summed E-state index contributed by atoms with van der Waals surface area (Å²) < 4.78 is 19.1. The Morgan fingerprint density at radius 1 is 1.00 bits per heavy atom. The molecule has 1 N–H and O–H groups in total. The van der Waals surface area contributed by atoms with E-state index in [-0.39, 0.29) is 5.56 Å². The van der Waals surface area contributed by atoms with Crippen LogP contribution in [0, 0.1) is 5.82 Å². The van der Waals surface area contributed by atoms with Crippen molar-refractivity contribution in [2.75, 3.05) is 0 Å². The Kier molecular flexibility index (Phi) is 2.61. The van der Waals surface area contributed by atoms with Crippen molar-refractivity contribution in [1.29, 1.82) is 0 Å². The largest absolute Gasteiger partial charge is 0.458 e. The SMILES string of the molecule is OC(c1cc2ccccc2o1)c1ccccc1F. The summed E-state index contributed by atoms with van der Waals surface area (Å²) in [4.78, 5) is 0. The quantitative estimate of drug-likeness (QED) is 0.744. The molecule has 0 aliphatic rings. The van der Waals surface area contributed by atoms with Crippen LogP contribution in [0.1, 0.15) is 17.4 Å². The van der Waals surface area contributed by atoms with Crippen molar-refractivity contribution in [3.8, 4) is 0 Å². The van der Waals surface area contributed by atoms with Gasteiger partial charge in [0.05, 0.1) is 0 Å². The molecule has 1 aromatic heterocycles. The van der Waals surface area contributed by atoms with Gasteiger partial charge in [0.2, 0.25) is 0 Å². The molecule has 3 heteroatoms. The average molecular weight is 242 g/mol. The number of aliphatic hydroxyl groups is 1. The fourth-order valence-corrected chi connectivity index (χ4v) is 1.99. The number of benzene rings is 2. The van der Waals surface area contributed by atoms with E-state index < -0.39 is 11.9 Å². The predicted molar refractivity (Wildman–Crippen MR) is 66.7 cm³/mol. The van der Waals surface area contributed by atoms with Gasteiger partial charge in [-0.1, -0.05) is 36.4 Å². The van der Waals surface area contributed by atoms with E-state index in [2.05, 4.69) is 0 Å². The summed E-state index contributed by atoms with van der Waals surface area (Å²) in [7, 11) is 0. The topological polar surface area (TPSA) is 33.4 Å². The Labute approximate surface area is 103 Å². The zero-order valence-corrected chi connectivity index (χ0v) is 9.51. The lowest BCUT2D eigenvalue weighted by molar-refractivity contribution is 0.187. The molecule has 1 heterocycles. The fourth-order valence-electron chi connectivity index (χ4n) is 1.99. The van der Waals surface area contributed by atoms with Crippen LogP contribution < -0.4 is 0 Å². The highest BCUT2D eigenvalue weighted by atomic mass is 19.1. The second kappa shape index (κ2) is 4.27. The molecule has 0 radical (unpaired) electrons. The van der Waals surface area contributed by atoms with E-state index in [9.17, 15) is 9.50 Å². The van der Waals surface area contributed by atoms with Crippen LogP contribution in [0.2, 0.25) is 0 Å². The van der Waals surface area contributed by atoms with Crippen LogP contribution in [0.25, 0.3) is 11.0 Å². The number of furan rings is 1. The maximum Gasteiger partial charge on any atom is 0.139 e. The number of hydrogen-bond donors (Lipinski definition) is 1. The van der Waals surface area contributed by atoms with Gasteiger partial charge in [-0.05, 0) is 18.2 Å². The summed E-state index contributed by atoms with van der Waals surface area (Å²) in [6, 6.07) is 15.3. The molecule has 90 valence electrons. The summed E-state index contributed by atoms with van der Waals surface area (Å²) in [6.07, 6.45) is -1.08. The molecule has 1 unspecified atom stereocenters. The lowest BCUT2D eigenvalue weighted by atomic mass is 10.1. The minimum absolute atomic E-state index is 0.219. The summed E-state index contributed by atoms with van der Waals surface area (Å²) >= 11 is 0. The van der Waals surface area contributed by atoms with Crippen LogP contribution in [0.3, 0.4) is 0 Å². The Hall–Kier alpha value is -2.13. The molecule has 0 saturated heterocycles. The maximum atomic E-state index is 13.6. The molecule has 2 aromatic carbocycles. The Bertz CT molecular complexity index is 655. The summed E-state index contributed by atoms with van der Waals surface area (Å²) in [6.45, 7) is 0. The van der Waals surface area contributed by atoms with Crippen molar-refractivity contribution in [2.24, 2.45) is 0 Å². The molecule has 0 spiro atoms. The molecule has 0 aliphatic heterocycles. The van der Waals surface area contributed by atoms with Gasteiger partial charge in [-0.3, -0.25) is 0 Å². The van der Waals surface area contributed by atoms with Crippen molar-refractivity contribution in [2.45, 2.75) is 6.10 Å². The number of hydrogen-bond acceptors (Lipinski definition) is 2. The number of halogens is 1. The minimum atomic E-state index is -1.08. The van der Waals surface area contributed by atoms with Crippen LogP contribution >= 0.6 is 0 Å². The van der Waals surface area contributed by atoms with Gasteiger partial charge in [0.25, 0.3) is 0 Å². The molecule has 3 rings (SSSR count). The molecular weight excluding hydrogens is 231 g/mol. The van der Waals surface area contributed by atoms with Crippen LogP contribution in [-0.2, 0) is 0 Å². The van der Waals surface area contributed by atoms with E-state index in [1.807, 2.05) is 24.3 Å². The van der Waals surface area contributed by atoms with Crippen LogP contribution in [0.4, 0.5) is 4.39 Å². The zero-order valence-electron chi connectivity index (χ0n) is 9.51. The highest BCUT2D eigenvalue weighted by Crippen LogP contribution is 2.29.